The molecule has 0 unspecified atom stereocenters. The molecule has 0 N–H and O–H groups in total. The van der Waals surface area contributed by atoms with Crippen molar-refractivity contribution < 1.29 is 0 Å². The lowest BCUT2D eigenvalue weighted by atomic mass is 10.0. The molecule has 0 amide bonds. The Kier molecular flexibility index (Phi) is 6.55. The molecule has 0 saturated carbocycles. The van der Waals surface area contributed by atoms with Crippen molar-refractivity contribution in [2.45, 2.75) is 24.3 Å². The Morgan fingerprint density at radius 2 is 1.00 bits per heavy atom. The number of thioether (sulfide) groups is 2. The zero-order valence-electron chi connectivity index (χ0n) is 12.2. The van der Waals surface area contributed by atoms with Gasteiger partial charge in [-0.15, -0.1) is 0 Å². The minimum atomic E-state index is 0.522. The second-order valence-electron chi connectivity index (χ2n) is 4.57. The smallest absolute Gasteiger partial charge is 0.0456 e. The second-order valence-corrected chi connectivity index (χ2v) is 7.41. The molecule has 0 aliphatic rings. The first-order valence-corrected chi connectivity index (χ1v) is 9.29. The highest BCUT2D eigenvalue weighted by atomic mass is 32.2. The predicted molar refractivity (Wildman–Crippen MR) is 94.6 cm³/mol. The Hall–Kier alpha value is -0.860. The van der Waals surface area contributed by atoms with Crippen molar-refractivity contribution in [3.05, 3.63) is 71.8 Å². The molecule has 2 rings (SSSR count). The maximum absolute atomic E-state index is 2.26. The number of benzene rings is 2. The molecule has 2 aromatic rings. The van der Waals surface area contributed by atoms with Gasteiger partial charge in [0.05, 0.1) is 0 Å². The molecular weight excluding hydrogens is 280 g/mol. The molecule has 2 aromatic carbocycles. The third-order valence-corrected chi connectivity index (χ3v) is 5.87. The molecule has 2 atom stereocenters. The quantitative estimate of drug-likeness (QED) is 0.617. The van der Waals surface area contributed by atoms with Crippen molar-refractivity contribution in [3.63, 3.8) is 0 Å². The molecule has 0 aromatic heterocycles. The minimum absolute atomic E-state index is 0.522. The Morgan fingerprint density at radius 1 is 0.650 bits per heavy atom. The number of hydrogen-bond acceptors (Lipinski definition) is 2. The van der Waals surface area contributed by atoms with Gasteiger partial charge in [-0.05, 0) is 22.6 Å². The van der Waals surface area contributed by atoms with E-state index in [0.29, 0.717) is 10.5 Å². The molecule has 2 heteroatoms. The molecule has 0 aliphatic heterocycles. The van der Waals surface area contributed by atoms with Crippen LogP contribution in [0.15, 0.2) is 60.7 Å². The van der Waals surface area contributed by atoms with E-state index in [1.54, 1.807) is 0 Å². The first-order chi connectivity index (χ1) is 9.86. The first-order valence-electron chi connectivity index (χ1n) is 7.20. The summed E-state index contributed by atoms with van der Waals surface area (Å²) in [6.07, 6.45) is 0. The lowest BCUT2D eigenvalue weighted by molar-refractivity contribution is 0.905. The van der Waals surface area contributed by atoms with Crippen molar-refractivity contribution in [1.82, 2.24) is 0 Å². The van der Waals surface area contributed by atoms with Crippen LogP contribution >= 0.6 is 23.5 Å². The summed E-state index contributed by atoms with van der Waals surface area (Å²) in [5.41, 5.74) is 2.88. The van der Waals surface area contributed by atoms with Crippen LogP contribution < -0.4 is 0 Å². The first kappa shape index (κ1) is 15.5. The van der Waals surface area contributed by atoms with Crippen LogP contribution in [0.5, 0.6) is 0 Å². The molecular formula is C18H22S2. The largest absolute Gasteiger partial charge is 0.153 e. The standard InChI is InChI=1S/C18H22S2/c1-3-19-17(15-11-7-5-8-12-15)18(20-4-2)16-13-9-6-10-14-16/h5-14,17-18H,3-4H2,1-2H3/t17-,18+. The van der Waals surface area contributed by atoms with Gasteiger partial charge in [0.25, 0.3) is 0 Å². The molecule has 0 saturated heterocycles. The van der Waals surface area contributed by atoms with Gasteiger partial charge in [0, 0.05) is 10.5 Å². The van der Waals surface area contributed by atoms with Crippen molar-refractivity contribution in [3.8, 4) is 0 Å². The van der Waals surface area contributed by atoms with Crippen molar-refractivity contribution in [2.24, 2.45) is 0 Å². The number of hydrogen-bond donors (Lipinski definition) is 0. The summed E-state index contributed by atoms with van der Waals surface area (Å²) in [5, 5.41) is 1.04. The summed E-state index contributed by atoms with van der Waals surface area (Å²) in [7, 11) is 0. The van der Waals surface area contributed by atoms with Crippen LogP contribution in [-0.2, 0) is 0 Å². The average molecular weight is 303 g/mol. The third kappa shape index (κ3) is 4.07. The fraction of sp³-hybridized carbons (Fsp3) is 0.333. The van der Waals surface area contributed by atoms with Gasteiger partial charge in [-0.2, -0.15) is 23.5 Å². The summed E-state index contributed by atoms with van der Waals surface area (Å²) in [6.45, 7) is 4.50. The van der Waals surface area contributed by atoms with Gasteiger partial charge in [0.1, 0.15) is 0 Å². The van der Waals surface area contributed by atoms with Gasteiger partial charge in [-0.3, -0.25) is 0 Å². The molecule has 0 spiro atoms. The normalized spacial score (nSPS) is 13.9. The molecule has 20 heavy (non-hydrogen) atoms. The van der Waals surface area contributed by atoms with Crippen LogP contribution in [0.25, 0.3) is 0 Å². The number of rotatable bonds is 7. The van der Waals surface area contributed by atoms with Crippen LogP contribution in [0.4, 0.5) is 0 Å². The Balaban J connectivity index is 2.33. The zero-order chi connectivity index (χ0) is 14.2. The predicted octanol–water partition coefficient (Wildman–Crippen LogP) is 5.98. The van der Waals surface area contributed by atoms with E-state index < -0.39 is 0 Å². The van der Waals surface area contributed by atoms with Crippen LogP contribution in [-0.4, -0.2) is 11.5 Å². The van der Waals surface area contributed by atoms with E-state index in [0.717, 1.165) is 11.5 Å². The summed E-state index contributed by atoms with van der Waals surface area (Å²) in [4.78, 5) is 0. The maximum atomic E-state index is 2.26. The van der Waals surface area contributed by atoms with E-state index in [1.807, 2.05) is 0 Å². The highest BCUT2D eigenvalue weighted by molar-refractivity contribution is 8.03. The molecule has 0 aliphatic carbocycles. The lowest BCUT2D eigenvalue weighted by Crippen LogP contribution is -2.06. The molecule has 0 nitrogen and oxygen atoms in total. The lowest BCUT2D eigenvalue weighted by Gasteiger charge is -2.27. The maximum Gasteiger partial charge on any atom is 0.0456 e. The van der Waals surface area contributed by atoms with E-state index in [2.05, 4.69) is 98.0 Å². The van der Waals surface area contributed by atoms with E-state index in [1.165, 1.54) is 11.1 Å². The van der Waals surface area contributed by atoms with Crippen LogP contribution in [0.3, 0.4) is 0 Å². The SMILES string of the molecule is CCS[C@H](c1ccccc1)[C@@H](SCC)c1ccccc1. The van der Waals surface area contributed by atoms with E-state index in [-0.39, 0.29) is 0 Å². The molecule has 0 fully saturated rings. The molecule has 106 valence electrons. The highest BCUT2D eigenvalue weighted by Crippen LogP contribution is 2.47. The van der Waals surface area contributed by atoms with Crippen LogP contribution in [0.2, 0.25) is 0 Å². The summed E-state index contributed by atoms with van der Waals surface area (Å²) < 4.78 is 0. The van der Waals surface area contributed by atoms with Gasteiger partial charge < -0.3 is 0 Å². The molecule has 0 radical (unpaired) electrons. The van der Waals surface area contributed by atoms with Crippen molar-refractivity contribution >= 4 is 23.5 Å². The Bertz CT molecular complexity index is 434. The average Bonchev–Trinajstić information content (AvgIpc) is 2.52. The topological polar surface area (TPSA) is 0 Å². The summed E-state index contributed by atoms with van der Waals surface area (Å²) in [6, 6.07) is 21.9. The van der Waals surface area contributed by atoms with Gasteiger partial charge >= 0.3 is 0 Å². The van der Waals surface area contributed by atoms with Crippen LogP contribution in [0, 0.1) is 0 Å². The Morgan fingerprint density at radius 3 is 1.30 bits per heavy atom. The van der Waals surface area contributed by atoms with E-state index in [9.17, 15) is 0 Å². The molecule has 0 heterocycles. The second kappa shape index (κ2) is 8.43. The monoisotopic (exact) mass is 302 g/mol. The Labute approximate surface area is 131 Å². The van der Waals surface area contributed by atoms with Gasteiger partial charge in [-0.1, -0.05) is 74.5 Å². The van der Waals surface area contributed by atoms with Gasteiger partial charge in [0.15, 0.2) is 0 Å². The highest BCUT2D eigenvalue weighted by Gasteiger charge is 2.24. The zero-order valence-corrected chi connectivity index (χ0v) is 13.8. The fourth-order valence-corrected chi connectivity index (χ4v) is 4.91. The summed E-state index contributed by atoms with van der Waals surface area (Å²) >= 11 is 4.10. The third-order valence-electron chi connectivity index (χ3n) is 3.22. The fourth-order valence-electron chi connectivity index (χ4n) is 2.36. The minimum Gasteiger partial charge on any atom is -0.153 e. The molecule has 0 bridgehead atoms. The van der Waals surface area contributed by atoms with E-state index in [4.69, 9.17) is 0 Å². The van der Waals surface area contributed by atoms with Crippen LogP contribution in [0.1, 0.15) is 35.5 Å². The van der Waals surface area contributed by atoms with Crippen molar-refractivity contribution in [2.75, 3.05) is 11.5 Å². The van der Waals surface area contributed by atoms with Gasteiger partial charge in [-0.25, -0.2) is 0 Å². The van der Waals surface area contributed by atoms with Gasteiger partial charge in [0.2, 0.25) is 0 Å². The van der Waals surface area contributed by atoms with Crippen molar-refractivity contribution in [1.29, 1.82) is 0 Å². The summed E-state index contributed by atoms with van der Waals surface area (Å²) in [5.74, 6) is 2.29. The van der Waals surface area contributed by atoms with E-state index >= 15 is 0 Å².